The van der Waals surface area contributed by atoms with Crippen LogP contribution in [0.4, 0.5) is 0 Å². The molecule has 0 fully saturated rings. The van der Waals surface area contributed by atoms with Crippen LogP contribution in [0.25, 0.3) is 0 Å². The molecule has 0 saturated heterocycles. The zero-order valence-electron chi connectivity index (χ0n) is 17.7. The summed E-state index contributed by atoms with van der Waals surface area (Å²) in [7, 11) is 0. The molecule has 0 amide bonds. The molecule has 0 N–H and O–H groups in total. The van der Waals surface area contributed by atoms with Crippen LogP contribution in [0.3, 0.4) is 0 Å². The minimum absolute atomic E-state index is 0.0549. The van der Waals surface area contributed by atoms with Crippen LogP contribution in [-0.2, 0) is 0 Å². The van der Waals surface area contributed by atoms with E-state index in [0.717, 1.165) is 0 Å². The monoisotopic (exact) mass is 365 g/mol. The number of nitrogens with zero attached hydrogens (tertiary/aromatic N) is 1. The summed E-state index contributed by atoms with van der Waals surface area (Å²) < 4.78 is 0. The van der Waals surface area contributed by atoms with Gasteiger partial charge in [0.2, 0.25) is 0 Å². The maximum absolute atomic E-state index is 2.87. The van der Waals surface area contributed by atoms with Crippen LogP contribution in [0.2, 0.25) is 13.6 Å². The second-order valence-electron chi connectivity index (χ2n) is 10.3. The second kappa shape index (κ2) is 5.64. The average molecular weight is 365 g/mol. The molecule has 0 saturated carbocycles. The lowest BCUT2D eigenvalue weighted by Crippen LogP contribution is -2.94. The first-order valence-electron chi connectivity index (χ1n) is 10.7. The molecule has 142 valence electrons. The molecule has 0 aliphatic carbocycles. The number of hydrogen-bond donors (Lipinski definition) is 0. The van der Waals surface area contributed by atoms with Gasteiger partial charge in [-0.05, 0) is 5.54 Å². The van der Waals surface area contributed by atoms with E-state index in [2.05, 4.69) is 118 Å². The Hall–Kier alpha value is -2.25. The van der Waals surface area contributed by atoms with Crippen LogP contribution in [0.15, 0.2) is 78.9 Å². The molecule has 28 heavy (non-hydrogen) atoms. The molecule has 6 rings (SSSR count). The SMILES string of the molecule is C[B-]12c3ccccc3[B-](C)(c3ccccc31)N(C(C)(C)C)[C@@H]2c1ccccc1. The van der Waals surface area contributed by atoms with Crippen molar-refractivity contribution in [2.75, 3.05) is 0 Å². The third kappa shape index (κ3) is 2.03. The van der Waals surface area contributed by atoms with Gasteiger partial charge in [-0.2, -0.15) is 13.6 Å². The van der Waals surface area contributed by atoms with Gasteiger partial charge in [0.05, 0.1) is 6.15 Å². The van der Waals surface area contributed by atoms with Crippen molar-refractivity contribution in [2.45, 2.75) is 45.9 Å². The molecule has 0 unspecified atom stereocenters. The summed E-state index contributed by atoms with van der Waals surface area (Å²) in [5.41, 5.74) is 7.73. The van der Waals surface area contributed by atoms with Crippen molar-refractivity contribution in [3.8, 4) is 0 Å². The number of fused-ring (bicyclic) bond motifs is 1. The van der Waals surface area contributed by atoms with Crippen LogP contribution in [0, 0.1) is 0 Å². The van der Waals surface area contributed by atoms with E-state index in [9.17, 15) is 0 Å². The quantitative estimate of drug-likeness (QED) is 0.599. The summed E-state index contributed by atoms with van der Waals surface area (Å²) in [5.74, 6) is 0.371. The minimum Gasteiger partial charge on any atom is -0.486 e. The van der Waals surface area contributed by atoms with Gasteiger partial charge in [-0.15, -0.1) is 18.1 Å². The van der Waals surface area contributed by atoms with Gasteiger partial charge in [0.1, 0.15) is 6.28 Å². The van der Waals surface area contributed by atoms with Crippen molar-refractivity contribution in [3.05, 3.63) is 84.4 Å². The van der Waals surface area contributed by atoms with Crippen molar-refractivity contribution in [1.29, 1.82) is 0 Å². The summed E-state index contributed by atoms with van der Waals surface area (Å²) >= 11 is 0. The molecule has 1 atom stereocenters. The van der Waals surface area contributed by atoms with Crippen molar-refractivity contribution < 1.29 is 0 Å². The summed E-state index contributed by atoms with van der Waals surface area (Å²) in [4.78, 5) is 2.87. The van der Waals surface area contributed by atoms with Crippen molar-refractivity contribution in [3.63, 3.8) is 0 Å². The fourth-order valence-corrected chi connectivity index (χ4v) is 7.14. The van der Waals surface area contributed by atoms with Gasteiger partial charge in [-0.1, -0.05) is 93.1 Å². The molecule has 0 radical (unpaired) electrons. The Morgan fingerprint density at radius 2 is 1.07 bits per heavy atom. The van der Waals surface area contributed by atoms with Crippen LogP contribution < -0.4 is 21.9 Å². The molecule has 3 heterocycles. The van der Waals surface area contributed by atoms with E-state index in [1.165, 1.54) is 5.56 Å². The summed E-state index contributed by atoms with van der Waals surface area (Å²) in [6, 6.07) is 29.7. The predicted molar refractivity (Wildman–Crippen MR) is 125 cm³/mol. The Labute approximate surface area is 169 Å². The lowest BCUT2D eigenvalue weighted by Gasteiger charge is -2.78. The fourth-order valence-electron chi connectivity index (χ4n) is 7.14. The van der Waals surface area contributed by atoms with E-state index < -0.39 is 12.4 Å². The minimum atomic E-state index is -1.02. The number of rotatable bonds is 1. The predicted octanol–water partition coefficient (Wildman–Crippen LogP) is 3.28. The van der Waals surface area contributed by atoms with Gasteiger partial charge < -0.3 is 4.81 Å². The lowest BCUT2D eigenvalue weighted by molar-refractivity contribution is 0.220. The highest BCUT2D eigenvalue weighted by Crippen LogP contribution is 2.44. The van der Waals surface area contributed by atoms with E-state index in [4.69, 9.17) is 0 Å². The third-order valence-corrected chi connectivity index (χ3v) is 7.90. The third-order valence-electron chi connectivity index (χ3n) is 7.90. The highest BCUT2D eigenvalue weighted by molar-refractivity contribution is 7.19. The van der Waals surface area contributed by atoms with Gasteiger partial charge >= 0.3 is 0 Å². The standard InChI is InChI=1S/C25H29B2N/c1-25(2,3)28-24(19-13-7-6-8-14-19)26(4)20-15-9-11-17-22(20)27(28,5)23-18-12-10-16-21(23)26/h6-18,24H,1-5H3/q-2/t24-,26?,27?/m1/s1. The largest absolute Gasteiger partial charge is 0.486 e. The Morgan fingerprint density at radius 3 is 1.54 bits per heavy atom. The van der Waals surface area contributed by atoms with Crippen LogP contribution in [0.1, 0.15) is 32.3 Å². The topological polar surface area (TPSA) is 3.24 Å². The molecule has 3 aliphatic heterocycles. The van der Waals surface area contributed by atoms with E-state index >= 15 is 0 Å². The van der Waals surface area contributed by atoms with Crippen molar-refractivity contribution >= 4 is 34.3 Å². The van der Waals surface area contributed by atoms with E-state index in [1.54, 1.807) is 21.9 Å². The molecule has 0 aromatic heterocycles. The molecule has 3 aromatic rings. The van der Waals surface area contributed by atoms with Crippen LogP contribution >= 0.6 is 0 Å². The van der Waals surface area contributed by atoms with Crippen molar-refractivity contribution in [2.24, 2.45) is 0 Å². The van der Waals surface area contributed by atoms with Crippen LogP contribution in [-0.4, -0.2) is 22.8 Å². The van der Waals surface area contributed by atoms with Gasteiger partial charge in [0, 0.05) is 0 Å². The average Bonchev–Trinajstić information content (AvgIpc) is 2.70. The zero-order valence-corrected chi connectivity index (χ0v) is 17.7. The Balaban J connectivity index is 1.96. The Morgan fingerprint density at radius 1 is 0.643 bits per heavy atom. The molecular formula is C25H29B2N-2. The first-order chi connectivity index (χ1) is 13.3. The van der Waals surface area contributed by atoms with Gasteiger partial charge in [0.15, 0.2) is 0 Å². The highest BCUT2D eigenvalue weighted by Gasteiger charge is 2.53. The lowest BCUT2D eigenvalue weighted by atomic mass is 9.01. The molecule has 1 nitrogen and oxygen atoms in total. The zero-order chi connectivity index (χ0) is 19.7. The number of benzene rings is 3. The molecule has 3 heteroatoms. The van der Waals surface area contributed by atoms with Gasteiger partial charge in [-0.3, -0.25) is 0 Å². The van der Waals surface area contributed by atoms with E-state index in [1.807, 2.05) is 0 Å². The molecule has 3 aromatic carbocycles. The highest BCUT2D eigenvalue weighted by atomic mass is 15.2. The summed E-state index contributed by atoms with van der Waals surface area (Å²) in [6.45, 7) is 12.2. The maximum atomic E-state index is 2.87. The molecule has 3 aliphatic rings. The molecule has 0 spiro atoms. The van der Waals surface area contributed by atoms with E-state index in [0.29, 0.717) is 5.94 Å². The first kappa shape index (κ1) is 17.8. The smallest absolute Gasteiger partial charge is 0.106 e. The van der Waals surface area contributed by atoms with E-state index in [-0.39, 0.29) is 5.54 Å². The normalized spacial score (nSPS) is 28.7. The fraction of sp³-hybridized carbons (Fsp3) is 0.280. The molecular weight excluding hydrogens is 336 g/mol. The summed E-state index contributed by atoms with van der Waals surface area (Å²) in [5, 5.41) is 0. The van der Waals surface area contributed by atoms with Gasteiger partial charge in [0.25, 0.3) is 0 Å². The Kier molecular flexibility index (Phi) is 3.59. The Bertz CT molecular complexity index is 1000. The second-order valence-corrected chi connectivity index (χ2v) is 10.3. The van der Waals surface area contributed by atoms with Crippen molar-refractivity contribution in [1.82, 2.24) is 4.81 Å². The maximum Gasteiger partial charge on any atom is 0.106 e. The molecule has 2 bridgehead atoms. The van der Waals surface area contributed by atoms with Gasteiger partial charge in [-0.25, -0.2) is 21.9 Å². The van der Waals surface area contributed by atoms with Crippen LogP contribution in [0.5, 0.6) is 0 Å². The number of hydrogen-bond acceptors (Lipinski definition) is 1. The summed E-state index contributed by atoms with van der Waals surface area (Å²) in [6.07, 6.45) is -1.98. The first-order valence-corrected chi connectivity index (χ1v) is 10.7.